The van der Waals surface area contributed by atoms with Crippen LogP contribution in [0.25, 0.3) is 0 Å². The van der Waals surface area contributed by atoms with Gasteiger partial charge in [-0.1, -0.05) is 36.7 Å². The van der Waals surface area contributed by atoms with E-state index in [2.05, 4.69) is 21.6 Å². The number of hydrogen-bond acceptors (Lipinski definition) is 8. The smallest absolute Gasteiger partial charge is 0.247 e. The lowest BCUT2D eigenvalue weighted by Gasteiger charge is -2.25. The third kappa shape index (κ3) is 7.02. The molecule has 0 aliphatic carbocycles. The average Bonchev–Trinajstić information content (AvgIpc) is 2.89. The lowest BCUT2D eigenvalue weighted by molar-refractivity contribution is 0.346. The molecule has 3 aromatic rings. The van der Waals surface area contributed by atoms with Crippen LogP contribution in [0, 0.1) is 6.92 Å². The summed E-state index contributed by atoms with van der Waals surface area (Å²) < 4.78 is 55.9. The Kier molecular flexibility index (Phi) is 9.64. The third-order valence-corrected chi connectivity index (χ3v) is 11.8. The number of thioether (sulfide) groups is 1. The molecule has 0 radical (unpaired) electrons. The first-order chi connectivity index (χ1) is 18.1. The van der Waals surface area contributed by atoms with Gasteiger partial charge in [-0.2, -0.15) is 4.31 Å². The summed E-state index contributed by atoms with van der Waals surface area (Å²) in [6.45, 7) is 4.84. The number of nitrogens with one attached hydrogen (secondary N) is 1. The van der Waals surface area contributed by atoms with Crippen molar-refractivity contribution in [1.82, 2.24) is 14.3 Å². The maximum absolute atomic E-state index is 13.0. The number of anilines is 1. The normalized spacial score (nSPS) is 14.9. The topological polar surface area (TPSA) is 109 Å². The molecule has 1 fully saturated rings. The standard InChI is InChI=1S/C25H29ClN4O4S4/c1-3-15-35-24-22(17-27-25(28-24)29-37(31,32)23-12-7-19(26)16-18(23)2)36-20-8-10-21(11-9-20)38(33,34)30-13-5-4-6-14-30/h7-12,16-17H,3-6,13-15H2,1-2H3,(H,27,28,29). The molecule has 38 heavy (non-hydrogen) atoms. The zero-order valence-electron chi connectivity index (χ0n) is 21.1. The second-order valence-electron chi connectivity index (χ2n) is 8.77. The lowest BCUT2D eigenvalue weighted by Crippen LogP contribution is -2.35. The van der Waals surface area contributed by atoms with Crippen LogP contribution in [-0.4, -0.2) is 50.0 Å². The summed E-state index contributed by atoms with van der Waals surface area (Å²) in [5.74, 6) is 0.769. The van der Waals surface area contributed by atoms with E-state index in [4.69, 9.17) is 11.6 Å². The van der Waals surface area contributed by atoms with Crippen LogP contribution in [0.2, 0.25) is 5.02 Å². The number of rotatable bonds is 10. The van der Waals surface area contributed by atoms with E-state index in [9.17, 15) is 16.8 Å². The zero-order valence-corrected chi connectivity index (χ0v) is 25.1. The first-order valence-electron chi connectivity index (χ1n) is 12.2. The van der Waals surface area contributed by atoms with E-state index in [0.29, 0.717) is 28.7 Å². The molecule has 0 amide bonds. The summed E-state index contributed by atoms with van der Waals surface area (Å²) >= 11 is 8.88. The number of aromatic nitrogens is 2. The molecular formula is C25H29ClN4O4S4. The van der Waals surface area contributed by atoms with Gasteiger partial charge in [0.2, 0.25) is 16.0 Å². The summed E-state index contributed by atoms with van der Waals surface area (Å²) in [6, 6.07) is 11.4. The Morgan fingerprint density at radius 3 is 2.39 bits per heavy atom. The summed E-state index contributed by atoms with van der Waals surface area (Å²) in [4.78, 5) is 10.7. The van der Waals surface area contributed by atoms with Crippen LogP contribution in [0.15, 0.2) is 73.3 Å². The van der Waals surface area contributed by atoms with E-state index in [-0.39, 0.29) is 15.7 Å². The first-order valence-corrected chi connectivity index (χ1v) is 17.3. The van der Waals surface area contributed by atoms with Crippen LogP contribution < -0.4 is 4.72 Å². The summed E-state index contributed by atoms with van der Waals surface area (Å²) in [7, 11) is -7.41. The number of benzene rings is 2. The highest BCUT2D eigenvalue weighted by Crippen LogP contribution is 2.36. The first kappa shape index (κ1) is 29.2. The number of aryl methyl sites for hydroxylation is 1. The molecule has 204 valence electrons. The summed E-state index contributed by atoms with van der Waals surface area (Å²) in [5.41, 5.74) is 0.517. The van der Waals surface area contributed by atoms with Crippen molar-refractivity contribution in [1.29, 1.82) is 0 Å². The van der Waals surface area contributed by atoms with Gasteiger partial charge in [0, 0.05) is 29.2 Å². The minimum Gasteiger partial charge on any atom is -0.247 e. The lowest BCUT2D eigenvalue weighted by atomic mass is 10.2. The highest BCUT2D eigenvalue weighted by molar-refractivity contribution is 8.02. The second-order valence-corrected chi connectivity index (χ2v) is 15.0. The minimum atomic E-state index is -3.91. The van der Waals surface area contributed by atoms with Crippen molar-refractivity contribution in [2.24, 2.45) is 0 Å². The molecule has 0 saturated carbocycles. The molecular weight excluding hydrogens is 584 g/mol. The van der Waals surface area contributed by atoms with Gasteiger partial charge in [-0.05, 0) is 80.0 Å². The molecule has 0 bridgehead atoms. The third-order valence-electron chi connectivity index (χ3n) is 5.82. The van der Waals surface area contributed by atoms with Gasteiger partial charge in [-0.25, -0.2) is 31.5 Å². The summed E-state index contributed by atoms with van der Waals surface area (Å²) in [6.07, 6.45) is 5.32. The van der Waals surface area contributed by atoms with Crippen LogP contribution in [-0.2, 0) is 20.0 Å². The molecule has 2 heterocycles. The molecule has 13 heteroatoms. The quantitative estimate of drug-likeness (QED) is 0.217. The Morgan fingerprint density at radius 2 is 1.74 bits per heavy atom. The molecule has 1 aliphatic heterocycles. The van der Waals surface area contributed by atoms with Crippen LogP contribution >= 0.6 is 35.1 Å². The maximum atomic E-state index is 13.0. The van der Waals surface area contributed by atoms with Gasteiger partial charge in [0.05, 0.1) is 14.7 Å². The van der Waals surface area contributed by atoms with Crippen molar-refractivity contribution in [3.05, 3.63) is 59.2 Å². The van der Waals surface area contributed by atoms with Gasteiger partial charge in [-0.15, -0.1) is 11.8 Å². The minimum absolute atomic E-state index is 0.0229. The van der Waals surface area contributed by atoms with Crippen LogP contribution in [0.5, 0.6) is 0 Å². The molecule has 0 unspecified atom stereocenters. The molecule has 2 aromatic carbocycles. The number of hydrogen-bond donors (Lipinski definition) is 1. The van der Waals surface area contributed by atoms with Crippen molar-refractivity contribution < 1.29 is 16.8 Å². The molecule has 1 aromatic heterocycles. The molecule has 0 spiro atoms. The van der Waals surface area contributed by atoms with E-state index in [0.717, 1.165) is 41.2 Å². The number of piperidine rings is 1. The largest absolute Gasteiger partial charge is 0.264 e. The van der Waals surface area contributed by atoms with Crippen molar-refractivity contribution in [3.8, 4) is 0 Å². The predicted molar refractivity (Wildman–Crippen MR) is 153 cm³/mol. The van der Waals surface area contributed by atoms with Gasteiger partial charge in [0.1, 0.15) is 5.03 Å². The van der Waals surface area contributed by atoms with Crippen molar-refractivity contribution >= 4 is 61.1 Å². The zero-order chi connectivity index (χ0) is 27.3. The average molecular weight is 613 g/mol. The molecule has 0 atom stereocenters. The Morgan fingerprint density at radius 1 is 1.03 bits per heavy atom. The van der Waals surface area contributed by atoms with E-state index < -0.39 is 20.0 Å². The highest BCUT2D eigenvalue weighted by Gasteiger charge is 2.26. The predicted octanol–water partition coefficient (Wildman–Crippen LogP) is 6.07. The monoisotopic (exact) mass is 612 g/mol. The Bertz CT molecular complexity index is 1490. The van der Waals surface area contributed by atoms with E-state index in [1.54, 1.807) is 47.8 Å². The number of halogens is 1. The fourth-order valence-electron chi connectivity index (χ4n) is 3.93. The van der Waals surface area contributed by atoms with Crippen LogP contribution in [0.3, 0.4) is 0 Å². The fourth-order valence-corrected chi connectivity index (χ4v) is 8.66. The molecule has 4 rings (SSSR count). The number of nitrogens with zero attached hydrogens (tertiary/aromatic N) is 3. The number of sulfonamides is 2. The molecule has 1 saturated heterocycles. The Hall–Kier alpha value is -1.83. The SMILES string of the molecule is CCCSc1nc(NS(=O)(=O)c2ccc(Cl)cc2C)ncc1Sc1ccc(S(=O)(=O)N2CCCCC2)cc1. The van der Waals surface area contributed by atoms with Gasteiger partial charge >= 0.3 is 0 Å². The molecule has 1 N–H and O–H groups in total. The van der Waals surface area contributed by atoms with Crippen molar-refractivity contribution in [2.75, 3.05) is 23.6 Å². The van der Waals surface area contributed by atoms with Gasteiger partial charge < -0.3 is 0 Å². The Balaban J connectivity index is 1.54. The van der Waals surface area contributed by atoms with Crippen LogP contribution in [0.4, 0.5) is 5.95 Å². The van der Waals surface area contributed by atoms with E-state index in [1.807, 2.05) is 0 Å². The van der Waals surface area contributed by atoms with E-state index >= 15 is 0 Å². The van der Waals surface area contributed by atoms with Gasteiger partial charge in [-0.3, -0.25) is 0 Å². The van der Waals surface area contributed by atoms with Gasteiger partial charge in [0.25, 0.3) is 10.0 Å². The summed E-state index contributed by atoms with van der Waals surface area (Å²) in [5, 5.41) is 1.09. The van der Waals surface area contributed by atoms with Gasteiger partial charge in [0.15, 0.2) is 0 Å². The van der Waals surface area contributed by atoms with E-state index in [1.165, 1.54) is 35.7 Å². The highest BCUT2D eigenvalue weighted by atomic mass is 35.5. The maximum Gasteiger partial charge on any atom is 0.264 e. The molecule has 8 nitrogen and oxygen atoms in total. The molecule has 1 aliphatic rings. The Labute approximate surface area is 238 Å². The van der Waals surface area contributed by atoms with Crippen LogP contribution in [0.1, 0.15) is 38.2 Å². The second kappa shape index (κ2) is 12.6. The van der Waals surface area contributed by atoms with Crippen molar-refractivity contribution in [3.63, 3.8) is 0 Å². The fraction of sp³-hybridized carbons (Fsp3) is 0.360. The van der Waals surface area contributed by atoms with Crippen molar-refractivity contribution in [2.45, 2.75) is 64.1 Å².